The lowest BCUT2D eigenvalue weighted by Crippen LogP contribution is -2.09. The number of fused-ring (bicyclic) bond motifs is 1. The van der Waals surface area contributed by atoms with Crippen LogP contribution in [0.5, 0.6) is 0 Å². The van der Waals surface area contributed by atoms with Crippen molar-refractivity contribution in [3.63, 3.8) is 0 Å². The number of carboxylic acid groups (broad SMARTS) is 1. The molecule has 5 nitrogen and oxygen atoms in total. The summed E-state index contributed by atoms with van der Waals surface area (Å²) in [5.41, 5.74) is 1.07. The summed E-state index contributed by atoms with van der Waals surface area (Å²) in [7, 11) is 0. The monoisotopic (exact) mass is 344 g/mol. The molecule has 0 unspecified atom stereocenters. The van der Waals surface area contributed by atoms with Crippen molar-refractivity contribution < 1.29 is 14.3 Å². The zero-order valence-electron chi connectivity index (χ0n) is 10.3. The molecule has 1 N–H and O–H groups in total. The Kier molecular flexibility index (Phi) is 3.57. The molecule has 0 bridgehead atoms. The van der Waals surface area contributed by atoms with Gasteiger partial charge in [-0.05, 0) is 35.9 Å². The van der Waals surface area contributed by atoms with Crippen molar-refractivity contribution in [1.82, 2.24) is 9.55 Å². The zero-order chi connectivity index (χ0) is 15.1. The first-order valence-corrected chi connectivity index (χ1v) is 6.92. The fourth-order valence-electron chi connectivity index (χ4n) is 2.04. The number of aromatic nitrogens is 2. The van der Waals surface area contributed by atoms with Crippen LogP contribution in [0.2, 0.25) is 15.3 Å². The molecule has 0 saturated carbocycles. The summed E-state index contributed by atoms with van der Waals surface area (Å²) in [6.45, 7) is -0.290. The molecule has 0 fully saturated rings. The van der Waals surface area contributed by atoms with Crippen LogP contribution in [0.3, 0.4) is 0 Å². The van der Waals surface area contributed by atoms with Crippen LogP contribution in [0, 0.1) is 0 Å². The van der Waals surface area contributed by atoms with Gasteiger partial charge in [0.05, 0.1) is 21.1 Å². The van der Waals surface area contributed by atoms with Crippen LogP contribution < -0.4 is 0 Å². The van der Waals surface area contributed by atoms with Gasteiger partial charge in [-0.25, -0.2) is 4.98 Å². The van der Waals surface area contributed by atoms with Gasteiger partial charge < -0.3 is 14.1 Å². The van der Waals surface area contributed by atoms with Gasteiger partial charge in [-0.15, -0.1) is 0 Å². The molecule has 0 amide bonds. The first-order chi connectivity index (χ1) is 9.95. The van der Waals surface area contributed by atoms with Crippen molar-refractivity contribution in [1.29, 1.82) is 0 Å². The van der Waals surface area contributed by atoms with Crippen LogP contribution in [-0.4, -0.2) is 20.6 Å². The van der Waals surface area contributed by atoms with E-state index in [2.05, 4.69) is 4.98 Å². The number of carbonyl (C=O) groups is 1. The number of imidazole rings is 1. The van der Waals surface area contributed by atoms with Crippen molar-refractivity contribution in [3.05, 3.63) is 39.5 Å². The molecule has 0 atom stereocenters. The van der Waals surface area contributed by atoms with E-state index < -0.39 is 5.97 Å². The van der Waals surface area contributed by atoms with E-state index in [-0.39, 0.29) is 11.8 Å². The molecule has 2 heterocycles. The topological polar surface area (TPSA) is 68.3 Å². The second kappa shape index (κ2) is 5.26. The predicted molar refractivity (Wildman–Crippen MR) is 80.1 cm³/mol. The predicted octanol–water partition coefficient (Wildman–Crippen LogP) is 4.34. The highest BCUT2D eigenvalue weighted by Crippen LogP contribution is 2.32. The Bertz CT molecular complexity index is 854. The Morgan fingerprint density at radius 3 is 2.57 bits per heavy atom. The first-order valence-electron chi connectivity index (χ1n) is 5.78. The van der Waals surface area contributed by atoms with E-state index in [1.165, 1.54) is 4.57 Å². The van der Waals surface area contributed by atoms with Gasteiger partial charge in [0.1, 0.15) is 6.54 Å². The summed E-state index contributed by atoms with van der Waals surface area (Å²) < 4.78 is 6.79. The highest BCUT2D eigenvalue weighted by molar-refractivity contribution is 6.42. The van der Waals surface area contributed by atoms with Crippen LogP contribution in [0.25, 0.3) is 22.6 Å². The minimum Gasteiger partial charge on any atom is -0.480 e. The van der Waals surface area contributed by atoms with E-state index in [9.17, 15) is 4.79 Å². The van der Waals surface area contributed by atoms with Gasteiger partial charge in [0.15, 0.2) is 16.8 Å². The largest absolute Gasteiger partial charge is 0.480 e. The van der Waals surface area contributed by atoms with E-state index in [1.807, 2.05) is 0 Å². The maximum Gasteiger partial charge on any atom is 0.323 e. The SMILES string of the molecule is O=C(O)Cn1c(-c2ccc(Cl)o2)nc2cc(Cl)c(Cl)cc21. The average molecular weight is 346 g/mol. The third kappa shape index (κ3) is 2.60. The Morgan fingerprint density at radius 2 is 1.95 bits per heavy atom. The van der Waals surface area contributed by atoms with Gasteiger partial charge in [0, 0.05) is 0 Å². The van der Waals surface area contributed by atoms with Crippen LogP contribution >= 0.6 is 34.8 Å². The highest BCUT2D eigenvalue weighted by Gasteiger charge is 2.18. The molecule has 2 aromatic heterocycles. The maximum atomic E-state index is 11.1. The van der Waals surface area contributed by atoms with Crippen LogP contribution in [-0.2, 0) is 11.3 Å². The summed E-state index contributed by atoms with van der Waals surface area (Å²) in [6.07, 6.45) is 0. The molecule has 108 valence electrons. The molecule has 0 aliphatic rings. The van der Waals surface area contributed by atoms with Crippen molar-refractivity contribution in [3.8, 4) is 11.6 Å². The maximum absolute atomic E-state index is 11.1. The highest BCUT2D eigenvalue weighted by atomic mass is 35.5. The lowest BCUT2D eigenvalue weighted by molar-refractivity contribution is -0.137. The summed E-state index contributed by atoms with van der Waals surface area (Å²) in [6, 6.07) is 6.32. The smallest absolute Gasteiger partial charge is 0.323 e. The lowest BCUT2D eigenvalue weighted by Gasteiger charge is -2.04. The molecule has 0 spiro atoms. The number of hydrogen-bond donors (Lipinski definition) is 1. The minimum absolute atomic E-state index is 0.190. The molecule has 0 aliphatic heterocycles. The van der Waals surface area contributed by atoms with E-state index in [1.54, 1.807) is 24.3 Å². The zero-order valence-corrected chi connectivity index (χ0v) is 12.6. The van der Waals surface area contributed by atoms with Crippen molar-refractivity contribution in [2.24, 2.45) is 0 Å². The van der Waals surface area contributed by atoms with Crippen molar-refractivity contribution in [2.45, 2.75) is 6.54 Å². The summed E-state index contributed by atoms with van der Waals surface area (Å²) >= 11 is 17.7. The second-order valence-corrected chi connectivity index (χ2v) is 5.46. The van der Waals surface area contributed by atoms with E-state index in [0.717, 1.165) is 0 Å². The normalized spacial score (nSPS) is 11.2. The van der Waals surface area contributed by atoms with Crippen LogP contribution in [0.4, 0.5) is 0 Å². The summed E-state index contributed by atoms with van der Waals surface area (Å²) in [4.78, 5) is 15.4. The summed E-state index contributed by atoms with van der Waals surface area (Å²) in [5, 5.41) is 9.93. The molecule has 3 aromatic rings. The van der Waals surface area contributed by atoms with Gasteiger partial charge in [0.25, 0.3) is 0 Å². The minimum atomic E-state index is -1.01. The third-order valence-electron chi connectivity index (χ3n) is 2.88. The Balaban J connectivity index is 2.29. The fraction of sp³-hybridized carbons (Fsp3) is 0.0769. The Labute approximate surface area is 133 Å². The number of furan rings is 1. The van der Waals surface area contributed by atoms with E-state index in [0.29, 0.717) is 32.7 Å². The standard InChI is InChI=1S/C13H7Cl3N2O3/c14-6-3-8-9(4-7(6)15)18(5-12(19)20)13(17-8)10-1-2-11(16)21-10/h1-4H,5H2,(H,19,20). The second-order valence-electron chi connectivity index (χ2n) is 4.27. The molecule has 1 aromatic carbocycles. The van der Waals surface area contributed by atoms with Crippen molar-refractivity contribution >= 4 is 51.8 Å². The van der Waals surface area contributed by atoms with Crippen LogP contribution in [0.1, 0.15) is 0 Å². The van der Waals surface area contributed by atoms with Gasteiger partial charge in [-0.3, -0.25) is 4.79 Å². The number of rotatable bonds is 3. The Morgan fingerprint density at radius 1 is 1.24 bits per heavy atom. The molecule has 0 aliphatic carbocycles. The third-order valence-corrected chi connectivity index (χ3v) is 3.80. The van der Waals surface area contributed by atoms with E-state index >= 15 is 0 Å². The Hall–Kier alpha value is -1.69. The van der Waals surface area contributed by atoms with Crippen molar-refractivity contribution in [2.75, 3.05) is 0 Å². The van der Waals surface area contributed by atoms with Gasteiger partial charge in [-0.1, -0.05) is 23.2 Å². The quantitative estimate of drug-likeness (QED) is 0.766. The fourth-order valence-corrected chi connectivity index (χ4v) is 2.50. The van der Waals surface area contributed by atoms with Gasteiger partial charge >= 0.3 is 5.97 Å². The lowest BCUT2D eigenvalue weighted by atomic mass is 10.3. The van der Waals surface area contributed by atoms with Gasteiger partial charge in [0.2, 0.25) is 0 Å². The number of hydrogen-bond acceptors (Lipinski definition) is 3. The number of halogens is 3. The number of carboxylic acids is 1. The number of aliphatic carboxylic acids is 1. The molecular weight excluding hydrogens is 339 g/mol. The molecule has 0 radical (unpaired) electrons. The van der Waals surface area contributed by atoms with Crippen LogP contribution in [0.15, 0.2) is 28.7 Å². The molecule has 21 heavy (non-hydrogen) atoms. The van der Waals surface area contributed by atoms with Gasteiger partial charge in [-0.2, -0.15) is 0 Å². The number of nitrogens with zero attached hydrogens (tertiary/aromatic N) is 2. The average Bonchev–Trinajstić information content (AvgIpc) is 2.95. The van der Waals surface area contributed by atoms with E-state index in [4.69, 9.17) is 44.3 Å². The first kappa shape index (κ1) is 14.3. The molecule has 0 saturated heterocycles. The summed E-state index contributed by atoms with van der Waals surface area (Å²) in [5.74, 6) is -0.304. The molecular formula is C13H7Cl3N2O3. The molecule has 3 rings (SSSR count). The molecule has 8 heteroatoms. The number of benzene rings is 1.